The molecular formula is C14H20O. The highest BCUT2D eigenvalue weighted by molar-refractivity contribution is 5.95. The molecule has 0 aromatic heterocycles. The molecule has 0 aliphatic carbocycles. The van der Waals surface area contributed by atoms with E-state index in [0.29, 0.717) is 5.92 Å². The lowest BCUT2D eigenvalue weighted by atomic mass is 9.76. The van der Waals surface area contributed by atoms with Gasteiger partial charge in [0.05, 0.1) is 0 Å². The Labute approximate surface area is 92.5 Å². The van der Waals surface area contributed by atoms with Crippen molar-refractivity contribution < 1.29 is 4.79 Å². The van der Waals surface area contributed by atoms with E-state index in [2.05, 4.69) is 33.8 Å². The molecule has 0 heterocycles. The molecule has 0 saturated carbocycles. The first-order valence-corrected chi connectivity index (χ1v) is 5.44. The molecule has 1 nitrogen and oxygen atoms in total. The molecular weight excluding hydrogens is 184 g/mol. The van der Waals surface area contributed by atoms with Gasteiger partial charge >= 0.3 is 0 Å². The predicted molar refractivity (Wildman–Crippen MR) is 64.3 cm³/mol. The lowest BCUT2D eigenvalue weighted by Gasteiger charge is -2.28. The van der Waals surface area contributed by atoms with Crippen LogP contribution in [0.15, 0.2) is 24.3 Å². The molecule has 0 saturated heterocycles. The predicted octanol–water partition coefficient (Wildman–Crippen LogP) is 4.04. The Hall–Kier alpha value is -1.11. The summed E-state index contributed by atoms with van der Waals surface area (Å²) in [6.07, 6.45) is 0. The molecule has 0 N–H and O–H groups in total. The summed E-state index contributed by atoms with van der Waals surface area (Å²) in [7, 11) is 0. The van der Waals surface area contributed by atoms with Gasteiger partial charge in [0, 0.05) is 5.56 Å². The highest BCUT2D eigenvalue weighted by Crippen LogP contribution is 2.35. The molecule has 1 aromatic rings. The zero-order valence-electron chi connectivity index (χ0n) is 10.3. The van der Waals surface area contributed by atoms with Crippen molar-refractivity contribution in [2.45, 2.75) is 40.5 Å². The van der Waals surface area contributed by atoms with E-state index in [0.717, 1.165) is 11.1 Å². The SMILES string of the molecule is CC(=O)c1ccccc1C(C)C(C)(C)C. The van der Waals surface area contributed by atoms with Crippen molar-refractivity contribution in [3.05, 3.63) is 35.4 Å². The fourth-order valence-corrected chi connectivity index (χ4v) is 1.66. The molecule has 1 unspecified atom stereocenters. The lowest BCUT2D eigenvalue weighted by Crippen LogP contribution is -2.17. The lowest BCUT2D eigenvalue weighted by molar-refractivity contribution is 0.101. The molecule has 1 aromatic carbocycles. The molecule has 0 bridgehead atoms. The molecule has 0 amide bonds. The third kappa shape index (κ3) is 2.68. The van der Waals surface area contributed by atoms with E-state index < -0.39 is 0 Å². The summed E-state index contributed by atoms with van der Waals surface area (Å²) >= 11 is 0. The highest BCUT2D eigenvalue weighted by atomic mass is 16.1. The topological polar surface area (TPSA) is 17.1 Å². The summed E-state index contributed by atoms with van der Waals surface area (Å²) in [5, 5.41) is 0. The summed E-state index contributed by atoms with van der Waals surface area (Å²) in [5.74, 6) is 0.541. The quantitative estimate of drug-likeness (QED) is 0.664. The zero-order chi connectivity index (χ0) is 11.6. The average Bonchev–Trinajstić information content (AvgIpc) is 2.15. The molecule has 1 atom stereocenters. The van der Waals surface area contributed by atoms with E-state index in [9.17, 15) is 4.79 Å². The van der Waals surface area contributed by atoms with E-state index in [-0.39, 0.29) is 11.2 Å². The minimum absolute atomic E-state index is 0.154. The molecule has 1 heteroatoms. The first-order valence-electron chi connectivity index (χ1n) is 5.44. The van der Waals surface area contributed by atoms with Gasteiger partial charge in [-0.1, -0.05) is 52.0 Å². The summed E-state index contributed by atoms with van der Waals surface area (Å²) < 4.78 is 0. The second-order valence-corrected chi connectivity index (χ2v) is 5.23. The maximum absolute atomic E-state index is 11.5. The maximum Gasteiger partial charge on any atom is 0.160 e. The van der Waals surface area contributed by atoms with Crippen LogP contribution >= 0.6 is 0 Å². The van der Waals surface area contributed by atoms with Gasteiger partial charge in [-0.15, -0.1) is 0 Å². The van der Waals surface area contributed by atoms with Gasteiger partial charge in [0.1, 0.15) is 0 Å². The van der Waals surface area contributed by atoms with Crippen LogP contribution in [0.4, 0.5) is 0 Å². The van der Waals surface area contributed by atoms with Gasteiger partial charge < -0.3 is 0 Å². The Bertz CT molecular complexity index is 358. The molecule has 0 aliphatic rings. The van der Waals surface area contributed by atoms with Crippen LogP contribution in [0, 0.1) is 5.41 Å². The highest BCUT2D eigenvalue weighted by Gasteiger charge is 2.24. The van der Waals surface area contributed by atoms with Gasteiger partial charge in [0.15, 0.2) is 5.78 Å². The van der Waals surface area contributed by atoms with Gasteiger partial charge in [-0.2, -0.15) is 0 Å². The molecule has 1 rings (SSSR count). The van der Waals surface area contributed by atoms with E-state index in [1.54, 1.807) is 6.92 Å². The monoisotopic (exact) mass is 204 g/mol. The van der Waals surface area contributed by atoms with Gasteiger partial charge in [-0.05, 0) is 23.8 Å². The number of hydrogen-bond acceptors (Lipinski definition) is 1. The van der Waals surface area contributed by atoms with Gasteiger partial charge in [0.25, 0.3) is 0 Å². The van der Waals surface area contributed by atoms with Crippen LogP contribution < -0.4 is 0 Å². The molecule has 82 valence electrons. The van der Waals surface area contributed by atoms with Crippen molar-refractivity contribution in [1.29, 1.82) is 0 Å². The summed E-state index contributed by atoms with van der Waals surface area (Å²) in [6, 6.07) is 7.91. The van der Waals surface area contributed by atoms with Crippen molar-refractivity contribution in [3.8, 4) is 0 Å². The van der Waals surface area contributed by atoms with Crippen LogP contribution in [0.3, 0.4) is 0 Å². The number of benzene rings is 1. The van der Waals surface area contributed by atoms with Gasteiger partial charge in [-0.3, -0.25) is 4.79 Å². The standard InChI is InChI=1S/C14H20O/c1-10(14(3,4)5)12-8-6-7-9-13(12)11(2)15/h6-10H,1-5H3. The van der Waals surface area contributed by atoms with Crippen LogP contribution in [0.2, 0.25) is 0 Å². The summed E-state index contributed by atoms with van der Waals surface area (Å²) in [5.41, 5.74) is 2.21. The summed E-state index contributed by atoms with van der Waals surface area (Å²) in [6.45, 7) is 10.4. The van der Waals surface area contributed by atoms with E-state index in [1.807, 2.05) is 18.2 Å². The number of carbonyl (C=O) groups is 1. The van der Waals surface area contributed by atoms with E-state index in [1.165, 1.54) is 0 Å². The van der Waals surface area contributed by atoms with Crippen molar-refractivity contribution >= 4 is 5.78 Å². The summed E-state index contributed by atoms with van der Waals surface area (Å²) in [4.78, 5) is 11.5. The van der Waals surface area contributed by atoms with Crippen LogP contribution in [0.25, 0.3) is 0 Å². The minimum atomic E-state index is 0.154. The molecule has 0 aliphatic heterocycles. The average molecular weight is 204 g/mol. The Kier molecular flexibility index (Phi) is 3.33. The van der Waals surface area contributed by atoms with Gasteiger partial charge in [-0.25, -0.2) is 0 Å². The van der Waals surface area contributed by atoms with Crippen molar-refractivity contribution in [2.75, 3.05) is 0 Å². The Balaban J connectivity index is 3.19. The van der Waals surface area contributed by atoms with Crippen LogP contribution in [0.1, 0.15) is 56.5 Å². The number of Topliss-reactive ketones (excluding diaryl/α,β-unsaturated/α-hetero) is 1. The van der Waals surface area contributed by atoms with Crippen molar-refractivity contribution in [2.24, 2.45) is 5.41 Å². The first kappa shape index (κ1) is 12.0. The largest absolute Gasteiger partial charge is 0.295 e. The fourth-order valence-electron chi connectivity index (χ4n) is 1.66. The number of ketones is 1. The van der Waals surface area contributed by atoms with Crippen LogP contribution in [0.5, 0.6) is 0 Å². The second-order valence-electron chi connectivity index (χ2n) is 5.23. The third-order valence-corrected chi connectivity index (χ3v) is 3.11. The van der Waals surface area contributed by atoms with Crippen LogP contribution in [-0.2, 0) is 0 Å². The zero-order valence-corrected chi connectivity index (χ0v) is 10.3. The normalized spacial score (nSPS) is 13.7. The smallest absolute Gasteiger partial charge is 0.160 e. The maximum atomic E-state index is 11.5. The van der Waals surface area contributed by atoms with Crippen molar-refractivity contribution in [3.63, 3.8) is 0 Å². The Morgan fingerprint density at radius 1 is 1.20 bits per heavy atom. The van der Waals surface area contributed by atoms with Gasteiger partial charge in [0.2, 0.25) is 0 Å². The molecule has 0 fully saturated rings. The number of carbonyl (C=O) groups excluding carboxylic acids is 1. The molecule has 0 spiro atoms. The van der Waals surface area contributed by atoms with E-state index in [4.69, 9.17) is 0 Å². The molecule has 15 heavy (non-hydrogen) atoms. The number of rotatable bonds is 2. The number of hydrogen-bond donors (Lipinski definition) is 0. The van der Waals surface area contributed by atoms with Crippen LogP contribution in [-0.4, -0.2) is 5.78 Å². The van der Waals surface area contributed by atoms with E-state index >= 15 is 0 Å². The fraction of sp³-hybridized carbons (Fsp3) is 0.500. The third-order valence-electron chi connectivity index (χ3n) is 3.11. The van der Waals surface area contributed by atoms with Crippen molar-refractivity contribution in [1.82, 2.24) is 0 Å². The Morgan fingerprint density at radius 2 is 1.73 bits per heavy atom. The second kappa shape index (κ2) is 4.18. The first-order chi connectivity index (χ1) is 6.84. The minimum Gasteiger partial charge on any atom is -0.295 e. The Morgan fingerprint density at radius 3 is 2.20 bits per heavy atom. The molecule has 0 radical (unpaired) electrons.